The summed E-state index contributed by atoms with van der Waals surface area (Å²) in [4.78, 5) is 45.1. The Labute approximate surface area is 189 Å². The fourth-order valence-electron chi connectivity index (χ4n) is 3.63. The van der Waals surface area contributed by atoms with Gasteiger partial charge in [-0.25, -0.2) is 0 Å². The Kier molecular flexibility index (Phi) is 9.45. The quantitative estimate of drug-likeness (QED) is 0.209. The van der Waals surface area contributed by atoms with Crippen molar-refractivity contribution in [1.29, 1.82) is 0 Å². The molecular formula is C22H35N7O3. The lowest BCUT2D eigenvalue weighted by Crippen LogP contribution is -2.55. The zero-order valence-electron chi connectivity index (χ0n) is 18.9. The predicted octanol–water partition coefficient (Wildman–Crippen LogP) is -0.826. The molecular weight excluding hydrogens is 410 g/mol. The number of aliphatic imine (C=N–C) groups is 1. The lowest BCUT2D eigenvalue weighted by molar-refractivity contribution is -0.140. The minimum absolute atomic E-state index is 0.272. The van der Waals surface area contributed by atoms with Gasteiger partial charge in [0.05, 0.1) is 6.04 Å². The summed E-state index contributed by atoms with van der Waals surface area (Å²) in [6.07, 6.45) is 2.54. The molecule has 1 aliphatic heterocycles. The molecule has 1 heterocycles. The van der Waals surface area contributed by atoms with Gasteiger partial charge in [0.15, 0.2) is 5.96 Å². The van der Waals surface area contributed by atoms with Crippen LogP contribution in [0.1, 0.15) is 31.2 Å². The van der Waals surface area contributed by atoms with Gasteiger partial charge in [-0.1, -0.05) is 30.3 Å². The molecule has 1 aromatic carbocycles. The minimum atomic E-state index is -0.851. The molecule has 0 spiro atoms. The van der Waals surface area contributed by atoms with Crippen LogP contribution in [-0.4, -0.2) is 78.8 Å². The molecule has 2 rings (SSSR count). The number of benzene rings is 1. The number of primary amides is 1. The topological polar surface area (TPSA) is 160 Å². The van der Waals surface area contributed by atoms with E-state index in [1.165, 1.54) is 4.90 Å². The van der Waals surface area contributed by atoms with E-state index >= 15 is 0 Å². The number of guanidine groups is 1. The average Bonchev–Trinajstić information content (AvgIpc) is 3.26. The van der Waals surface area contributed by atoms with Crippen molar-refractivity contribution in [2.24, 2.45) is 22.2 Å². The number of nitrogens with two attached hydrogens (primary N) is 3. The van der Waals surface area contributed by atoms with E-state index in [2.05, 4.69) is 10.3 Å². The van der Waals surface area contributed by atoms with Crippen molar-refractivity contribution in [2.45, 2.75) is 50.2 Å². The van der Waals surface area contributed by atoms with Crippen LogP contribution in [0.4, 0.5) is 0 Å². The number of nitrogens with zero attached hydrogens (tertiary/aromatic N) is 3. The molecule has 0 aromatic heterocycles. The Morgan fingerprint density at radius 1 is 1.22 bits per heavy atom. The van der Waals surface area contributed by atoms with Crippen LogP contribution in [0.3, 0.4) is 0 Å². The third kappa shape index (κ3) is 7.23. The van der Waals surface area contributed by atoms with Gasteiger partial charge in [-0.2, -0.15) is 0 Å². The van der Waals surface area contributed by atoms with Crippen molar-refractivity contribution < 1.29 is 14.4 Å². The maximum absolute atomic E-state index is 12.9. The Bertz CT molecular complexity index is 813. The summed E-state index contributed by atoms with van der Waals surface area (Å²) in [6, 6.07) is 7.07. The number of amides is 3. The fourth-order valence-corrected chi connectivity index (χ4v) is 3.63. The number of hydrogen-bond acceptors (Lipinski definition) is 5. The van der Waals surface area contributed by atoms with E-state index in [1.807, 2.05) is 30.3 Å². The molecule has 176 valence electrons. The molecule has 1 fully saturated rings. The molecule has 0 radical (unpaired) electrons. The van der Waals surface area contributed by atoms with E-state index in [0.29, 0.717) is 51.2 Å². The number of nitrogens with one attached hydrogen (secondary N) is 1. The van der Waals surface area contributed by atoms with Gasteiger partial charge in [0, 0.05) is 33.6 Å². The second kappa shape index (κ2) is 12.0. The Morgan fingerprint density at radius 3 is 2.53 bits per heavy atom. The maximum Gasteiger partial charge on any atom is 0.243 e. The molecule has 0 saturated carbocycles. The average molecular weight is 446 g/mol. The highest BCUT2D eigenvalue weighted by molar-refractivity contribution is 5.93. The molecule has 1 saturated heterocycles. The summed E-state index contributed by atoms with van der Waals surface area (Å²) in [5.41, 5.74) is 18.2. The standard InChI is InChI=1S/C22H35N7O3/c1-28(2)22(25)26-12-6-10-16(23)21(32)29-13-7-11-18(29)20(31)27-17(19(24)30)14-15-8-4-3-5-9-15/h3-5,8-9,16-18H,6-7,10-14,23H2,1-2H3,(H2,24,30)(H2,25,26)(H,27,31)/t16-,17-,18-/m0/s1. The maximum atomic E-state index is 12.9. The Balaban J connectivity index is 1.92. The van der Waals surface area contributed by atoms with E-state index in [-0.39, 0.29) is 11.8 Å². The van der Waals surface area contributed by atoms with Crippen LogP contribution in [0.5, 0.6) is 0 Å². The summed E-state index contributed by atoms with van der Waals surface area (Å²) in [7, 11) is 3.60. The van der Waals surface area contributed by atoms with Crippen LogP contribution in [0.15, 0.2) is 35.3 Å². The zero-order chi connectivity index (χ0) is 23.7. The third-order valence-electron chi connectivity index (χ3n) is 5.50. The SMILES string of the molecule is CN(C)C(N)=NCCC[C@H](N)C(=O)N1CCC[C@H]1C(=O)N[C@@H](Cc1ccccc1)C(N)=O. The van der Waals surface area contributed by atoms with Gasteiger partial charge < -0.3 is 32.3 Å². The first kappa shape index (κ1) is 25.1. The summed E-state index contributed by atoms with van der Waals surface area (Å²) >= 11 is 0. The molecule has 0 unspecified atom stereocenters. The third-order valence-corrected chi connectivity index (χ3v) is 5.50. The van der Waals surface area contributed by atoms with Gasteiger partial charge >= 0.3 is 0 Å². The van der Waals surface area contributed by atoms with E-state index in [9.17, 15) is 14.4 Å². The molecule has 10 nitrogen and oxygen atoms in total. The van der Waals surface area contributed by atoms with Crippen LogP contribution < -0.4 is 22.5 Å². The minimum Gasteiger partial charge on any atom is -0.370 e. The van der Waals surface area contributed by atoms with Crippen LogP contribution in [0.25, 0.3) is 0 Å². The highest BCUT2D eigenvalue weighted by Gasteiger charge is 2.37. The first-order valence-corrected chi connectivity index (χ1v) is 10.9. The second-order valence-electron chi connectivity index (χ2n) is 8.23. The summed E-state index contributed by atoms with van der Waals surface area (Å²) in [5.74, 6) is -0.856. The van der Waals surface area contributed by atoms with Crippen molar-refractivity contribution in [3.8, 4) is 0 Å². The second-order valence-corrected chi connectivity index (χ2v) is 8.23. The lowest BCUT2D eigenvalue weighted by Gasteiger charge is -2.28. The van der Waals surface area contributed by atoms with Gasteiger partial charge in [-0.3, -0.25) is 19.4 Å². The monoisotopic (exact) mass is 445 g/mol. The zero-order valence-corrected chi connectivity index (χ0v) is 18.9. The van der Waals surface area contributed by atoms with Crippen molar-refractivity contribution in [3.63, 3.8) is 0 Å². The smallest absolute Gasteiger partial charge is 0.243 e. The van der Waals surface area contributed by atoms with Crippen molar-refractivity contribution in [3.05, 3.63) is 35.9 Å². The van der Waals surface area contributed by atoms with Crippen LogP contribution >= 0.6 is 0 Å². The van der Waals surface area contributed by atoms with E-state index in [0.717, 1.165) is 5.56 Å². The van der Waals surface area contributed by atoms with Gasteiger partial charge in [-0.05, 0) is 31.2 Å². The van der Waals surface area contributed by atoms with Gasteiger partial charge in [0.2, 0.25) is 17.7 Å². The number of hydrogen-bond donors (Lipinski definition) is 4. The number of carbonyl (C=O) groups is 3. The summed E-state index contributed by atoms with van der Waals surface area (Å²) < 4.78 is 0. The lowest BCUT2D eigenvalue weighted by atomic mass is 10.0. The van der Waals surface area contributed by atoms with Crippen LogP contribution in [0.2, 0.25) is 0 Å². The molecule has 1 aliphatic rings. The van der Waals surface area contributed by atoms with E-state index in [1.54, 1.807) is 19.0 Å². The largest absolute Gasteiger partial charge is 0.370 e. The van der Waals surface area contributed by atoms with Gasteiger partial charge in [-0.15, -0.1) is 0 Å². The van der Waals surface area contributed by atoms with Crippen LogP contribution in [0, 0.1) is 0 Å². The Morgan fingerprint density at radius 2 is 1.91 bits per heavy atom. The van der Waals surface area contributed by atoms with Gasteiger partial charge in [0.1, 0.15) is 12.1 Å². The first-order chi connectivity index (χ1) is 15.2. The molecule has 3 amide bonds. The Hall–Kier alpha value is -3.14. The van der Waals surface area contributed by atoms with E-state index in [4.69, 9.17) is 17.2 Å². The number of carbonyl (C=O) groups excluding carboxylic acids is 3. The number of rotatable bonds is 10. The van der Waals surface area contributed by atoms with Crippen molar-refractivity contribution in [2.75, 3.05) is 27.2 Å². The van der Waals surface area contributed by atoms with Gasteiger partial charge in [0.25, 0.3) is 0 Å². The first-order valence-electron chi connectivity index (χ1n) is 10.9. The highest BCUT2D eigenvalue weighted by Crippen LogP contribution is 2.19. The number of likely N-dealkylation sites (tertiary alicyclic amines) is 1. The summed E-state index contributed by atoms with van der Waals surface area (Å²) in [6.45, 7) is 0.922. The molecule has 10 heteroatoms. The molecule has 3 atom stereocenters. The predicted molar refractivity (Wildman–Crippen MR) is 123 cm³/mol. The molecule has 1 aromatic rings. The highest BCUT2D eigenvalue weighted by atomic mass is 16.2. The molecule has 0 aliphatic carbocycles. The fraction of sp³-hybridized carbons (Fsp3) is 0.545. The molecule has 7 N–H and O–H groups in total. The van der Waals surface area contributed by atoms with Crippen molar-refractivity contribution in [1.82, 2.24) is 15.1 Å². The molecule has 32 heavy (non-hydrogen) atoms. The van der Waals surface area contributed by atoms with E-state index < -0.39 is 24.0 Å². The summed E-state index contributed by atoms with van der Waals surface area (Å²) in [5, 5.41) is 2.72. The van der Waals surface area contributed by atoms with Crippen LogP contribution in [-0.2, 0) is 20.8 Å². The normalized spacial score (nSPS) is 18.2. The van der Waals surface area contributed by atoms with Crippen molar-refractivity contribution >= 4 is 23.7 Å². The molecule has 0 bridgehead atoms.